The number of hydrogen-bond donors (Lipinski definition) is 0. The highest BCUT2D eigenvalue weighted by molar-refractivity contribution is 5.92. The van der Waals surface area contributed by atoms with Gasteiger partial charge in [0.15, 0.2) is 11.2 Å². The van der Waals surface area contributed by atoms with Crippen LogP contribution in [0.2, 0.25) is 0 Å². The fourth-order valence-electron chi connectivity index (χ4n) is 3.64. The zero-order valence-electron chi connectivity index (χ0n) is 18.8. The molecule has 0 aliphatic carbocycles. The smallest absolute Gasteiger partial charge is 0.332 e. The third-order valence-electron chi connectivity index (χ3n) is 5.58. The van der Waals surface area contributed by atoms with Crippen LogP contribution in [0, 0.1) is 0 Å². The summed E-state index contributed by atoms with van der Waals surface area (Å²) >= 11 is 0. The monoisotopic (exact) mass is 447 g/mol. The number of benzene rings is 2. The van der Waals surface area contributed by atoms with Crippen molar-refractivity contribution in [1.82, 2.24) is 18.7 Å². The van der Waals surface area contributed by atoms with Crippen LogP contribution in [-0.2, 0) is 25.4 Å². The van der Waals surface area contributed by atoms with Crippen molar-refractivity contribution >= 4 is 22.8 Å². The van der Waals surface area contributed by atoms with Crippen LogP contribution in [0.4, 0.5) is 5.69 Å². The van der Waals surface area contributed by atoms with Gasteiger partial charge in [0.1, 0.15) is 11.5 Å². The minimum absolute atomic E-state index is 0.0450. The van der Waals surface area contributed by atoms with Gasteiger partial charge in [-0.05, 0) is 42.8 Å². The predicted octanol–water partition coefficient (Wildman–Crippen LogP) is 2.67. The maximum Gasteiger partial charge on any atom is 0.332 e. The highest BCUT2D eigenvalue weighted by atomic mass is 16.5. The fourth-order valence-corrected chi connectivity index (χ4v) is 3.64. The van der Waals surface area contributed by atoms with E-state index in [0.29, 0.717) is 36.3 Å². The number of para-hydroxylation sites is 1. The first-order chi connectivity index (χ1) is 15.9. The van der Waals surface area contributed by atoms with Gasteiger partial charge in [-0.3, -0.25) is 18.7 Å². The van der Waals surface area contributed by atoms with Gasteiger partial charge in [0, 0.05) is 39.8 Å². The molecule has 0 aliphatic heterocycles. The van der Waals surface area contributed by atoms with Crippen molar-refractivity contribution in [3.05, 3.63) is 81.8 Å². The second-order valence-electron chi connectivity index (χ2n) is 7.78. The molecule has 170 valence electrons. The molecule has 9 nitrogen and oxygen atoms in total. The second-order valence-corrected chi connectivity index (χ2v) is 7.78. The average Bonchev–Trinajstić information content (AvgIpc) is 3.26. The number of anilines is 1. The molecule has 4 aromatic rings. The van der Waals surface area contributed by atoms with Gasteiger partial charge in [-0.15, -0.1) is 0 Å². The minimum atomic E-state index is -0.422. The maximum absolute atomic E-state index is 12.7. The lowest BCUT2D eigenvalue weighted by Crippen LogP contribution is -2.37. The number of nitrogens with zero attached hydrogens (tertiary/aromatic N) is 5. The van der Waals surface area contributed by atoms with E-state index in [1.807, 2.05) is 54.6 Å². The Morgan fingerprint density at radius 1 is 0.970 bits per heavy atom. The number of aromatic nitrogens is 4. The highest BCUT2D eigenvalue weighted by Crippen LogP contribution is 2.24. The molecule has 4 rings (SSSR count). The van der Waals surface area contributed by atoms with E-state index < -0.39 is 11.2 Å². The zero-order valence-corrected chi connectivity index (χ0v) is 18.8. The van der Waals surface area contributed by atoms with E-state index in [-0.39, 0.29) is 5.91 Å². The van der Waals surface area contributed by atoms with Gasteiger partial charge >= 0.3 is 5.69 Å². The van der Waals surface area contributed by atoms with E-state index in [9.17, 15) is 14.4 Å². The molecule has 0 fully saturated rings. The number of carbonyl (C=O) groups is 1. The number of carbonyl (C=O) groups excluding carboxylic acids is 1. The lowest BCUT2D eigenvalue weighted by atomic mass is 10.2. The molecule has 9 heteroatoms. The number of aryl methyl sites for hydroxylation is 2. The molecule has 0 radical (unpaired) electrons. The average molecular weight is 447 g/mol. The largest absolute Gasteiger partial charge is 0.457 e. The van der Waals surface area contributed by atoms with Crippen molar-refractivity contribution in [2.75, 3.05) is 11.9 Å². The normalized spacial score (nSPS) is 11.0. The Labute approximate surface area is 190 Å². The molecule has 33 heavy (non-hydrogen) atoms. The predicted molar refractivity (Wildman–Crippen MR) is 126 cm³/mol. The molecule has 2 heterocycles. The molecule has 0 spiro atoms. The van der Waals surface area contributed by atoms with E-state index in [1.165, 1.54) is 17.9 Å². The fraction of sp³-hybridized carbons (Fsp3) is 0.250. The van der Waals surface area contributed by atoms with Gasteiger partial charge in [-0.2, -0.15) is 0 Å². The Balaban J connectivity index is 1.38. The van der Waals surface area contributed by atoms with Crippen LogP contribution < -0.4 is 20.9 Å². The summed E-state index contributed by atoms with van der Waals surface area (Å²) in [4.78, 5) is 43.1. The molecule has 0 atom stereocenters. The van der Waals surface area contributed by atoms with E-state index in [4.69, 9.17) is 4.74 Å². The molecule has 0 N–H and O–H groups in total. The molecular formula is C24H25N5O4. The van der Waals surface area contributed by atoms with Crippen LogP contribution in [0.5, 0.6) is 11.5 Å². The van der Waals surface area contributed by atoms with Crippen LogP contribution in [0.3, 0.4) is 0 Å². The molecular weight excluding hydrogens is 422 g/mol. The quantitative estimate of drug-likeness (QED) is 0.434. The molecule has 0 aliphatic rings. The van der Waals surface area contributed by atoms with Crippen molar-refractivity contribution in [2.24, 2.45) is 14.1 Å². The standard InChI is InChI=1S/C24H25N5O4/c1-26(17-11-13-19(14-12-17)33-18-8-5-4-6-9-18)20(30)10-7-15-29-16-25-22-21(29)23(31)28(3)24(32)27(22)2/h4-6,8-9,11-14,16H,7,10,15H2,1-3H3. The summed E-state index contributed by atoms with van der Waals surface area (Å²) in [7, 11) is 4.75. The summed E-state index contributed by atoms with van der Waals surface area (Å²) in [6, 6.07) is 16.8. The van der Waals surface area contributed by atoms with Crippen LogP contribution in [0.1, 0.15) is 12.8 Å². The highest BCUT2D eigenvalue weighted by Gasteiger charge is 2.15. The summed E-state index contributed by atoms with van der Waals surface area (Å²) in [6.45, 7) is 0.438. The lowest BCUT2D eigenvalue weighted by molar-refractivity contribution is -0.118. The molecule has 2 aromatic heterocycles. The van der Waals surface area contributed by atoms with E-state index in [2.05, 4.69) is 4.98 Å². The summed E-state index contributed by atoms with van der Waals surface area (Å²) < 4.78 is 9.89. The lowest BCUT2D eigenvalue weighted by Gasteiger charge is -2.18. The second kappa shape index (κ2) is 9.15. The summed E-state index contributed by atoms with van der Waals surface area (Å²) in [5, 5.41) is 0. The van der Waals surface area contributed by atoms with Crippen LogP contribution in [-0.4, -0.2) is 31.6 Å². The van der Waals surface area contributed by atoms with Crippen molar-refractivity contribution in [3.8, 4) is 11.5 Å². The Kier molecular flexibility index (Phi) is 6.12. The first-order valence-electron chi connectivity index (χ1n) is 10.6. The van der Waals surface area contributed by atoms with Gasteiger partial charge < -0.3 is 14.2 Å². The number of fused-ring (bicyclic) bond motifs is 1. The van der Waals surface area contributed by atoms with Gasteiger partial charge in [0.05, 0.1) is 6.33 Å². The van der Waals surface area contributed by atoms with E-state index in [1.54, 1.807) is 23.6 Å². The van der Waals surface area contributed by atoms with Gasteiger partial charge in [-0.25, -0.2) is 9.78 Å². The summed E-state index contributed by atoms with van der Waals surface area (Å²) in [5.41, 5.74) is 0.637. The van der Waals surface area contributed by atoms with Crippen molar-refractivity contribution in [1.29, 1.82) is 0 Å². The minimum Gasteiger partial charge on any atom is -0.457 e. The van der Waals surface area contributed by atoms with Crippen molar-refractivity contribution in [3.63, 3.8) is 0 Å². The Bertz CT molecular complexity index is 1400. The first-order valence-corrected chi connectivity index (χ1v) is 10.6. The Hall–Kier alpha value is -4.14. The Morgan fingerprint density at radius 2 is 1.64 bits per heavy atom. The zero-order chi connectivity index (χ0) is 23.5. The summed E-state index contributed by atoms with van der Waals surface area (Å²) in [5.74, 6) is 1.39. The van der Waals surface area contributed by atoms with Crippen LogP contribution in [0.25, 0.3) is 11.2 Å². The first kappa shape index (κ1) is 22.1. The van der Waals surface area contributed by atoms with Gasteiger partial charge in [0.25, 0.3) is 5.56 Å². The number of amides is 1. The molecule has 0 unspecified atom stereocenters. The van der Waals surface area contributed by atoms with Crippen molar-refractivity contribution < 1.29 is 9.53 Å². The van der Waals surface area contributed by atoms with Crippen LogP contribution in [0.15, 0.2) is 70.5 Å². The molecule has 0 bridgehead atoms. The SMILES string of the molecule is CN(C(=O)CCCn1cnc2c1c(=O)n(C)c(=O)n2C)c1ccc(Oc2ccccc2)cc1. The topological polar surface area (TPSA) is 91.4 Å². The van der Waals surface area contributed by atoms with Gasteiger partial charge in [-0.1, -0.05) is 18.2 Å². The molecule has 1 amide bonds. The number of imidazole rings is 1. The van der Waals surface area contributed by atoms with Crippen molar-refractivity contribution in [2.45, 2.75) is 19.4 Å². The molecule has 2 aromatic carbocycles. The third kappa shape index (κ3) is 4.43. The van der Waals surface area contributed by atoms with Crippen LogP contribution >= 0.6 is 0 Å². The number of rotatable bonds is 7. The van der Waals surface area contributed by atoms with E-state index >= 15 is 0 Å². The number of hydrogen-bond acceptors (Lipinski definition) is 5. The summed E-state index contributed by atoms with van der Waals surface area (Å²) in [6.07, 6.45) is 2.35. The Morgan fingerprint density at radius 3 is 2.33 bits per heavy atom. The molecule has 0 saturated heterocycles. The third-order valence-corrected chi connectivity index (χ3v) is 5.58. The van der Waals surface area contributed by atoms with E-state index in [0.717, 1.165) is 16.0 Å². The number of ether oxygens (including phenoxy) is 1. The maximum atomic E-state index is 12.7. The van der Waals surface area contributed by atoms with Gasteiger partial charge in [0.2, 0.25) is 5.91 Å². The molecule has 0 saturated carbocycles.